The summed E-state index contributed by atoms with van der Waals surface area (Å²) in [7, 11) is 1.57. The molecule has 0 atom stereocenters. The predicted molar refractivity (Wildman–Crippen MR) is 133 cm³/mol. The maximum absolute atomic E-state index is 13.6. The van der Waals surface area contributed by atoms with Crippen LogP contribution in [0.3, 0.4) is 0 Å². The molecule has 2 amide bonds. The lowest BCUT2D eigenvalue weighted by Crippen LogP contribution is -2.40. The molecule has 0 aliphatic carbocycles. The van der Waals surface area contributed by atoms with Crippen LogP contribution in [0.1, 0.15) is 52.2 Å². The van der Waals surface area contributed by atoms with Gasteiger partial charge in [-0.25, -0.2) is 8.78 Å². The van der Waals surface area contributed by atoms with Crippen LogP contribution in [0.15, 0.2) is 60.7 Å². The number of nitrogens with zero attached hydrogens (tertiary/aromatic N) is 1. The number of piperidine rings is 1. The summed E-state index contributed by atoms with van der Waals surface area (Å²) < 4.78 is 32.7. The molecule has 3 aromatic carbocycles. The van der Waals surface area contributed by atoms with Gasteiger partial charge in [-0.3, -0.25) is 9.59 Å². The number of rotatable bonds is 5. The Labute approximate surface area is 209 Å². The topological polar surface area (TPSA) is 58.6 Å². The predicted octanol–water partition coefficient (Wildman–Crippen LogP) is 5.54. The smallest absolute Gasteiger partial charge is 0.254 e. The molecule has 5 rings (SSSR count). The van der Waals surface area contributed by atoms with Crippen molar-refractivity contribution in [3.63, 3.8) is 0 Å². The first-order valence-corrected chi connectivity index (χ1v) is 12.2. The molecule has 2 aliphatic heterocycles. The van der Waals surface area contributed by atoms with E-state index in [0.29, 0.717) is 42.9 Å². The van der Waals surface area contributed by atoms with Crippen LogP contribution >= 0.6 is 0 Å². The fourth-order valence-electron chi connectivity index (χ4n) is 5.47. The number of hydrogen-bond donors (Lipinski definition) is 1. The summed E-state index contributed by atoms with van der Waals surface area (Å²) in [5, 5.41) is 2.86. The lowest BCUT2D eigenvalue weighted by Gasteiger charge is -2.37. The Balaban J connectivity index is 1.35. The number of amides is 2. The maximum Gasteiger partial charge on any atom is 0.254 e. The van der Waals surface area contributed by atoms with Crippen LogP contribution in [0, 0.1) is 17.6 Å². The van der Waals surface area contributed by atoms with Gasteiger partial charge in [0.2, 0.25) is 5.91 Å². The van der Waals surface area contributed by atoms with E-state index in [0.717, 1.165) is 29.5 Å². The summed E-state index contributed by atoms with van der Waals surface area (Å²) in [6.07, 6.45) is 2.49. The first kappa shape index (κ1) is 24.0. The summed E-state index contributed by atoms with van der Waals surface area (Å²) in [4.78, 5) is 27.1. The number of ether oxygens (including phenoxy) is 1. The molecular weight excluding hydrogens is 462 g/mol. The van der Waals surface area contributed by atoms with Gasteiger partial charge in [-0.05, 0) is 72.7 Å². The monoisotopic (exact) mass is 490 g/mol. The van der Waals surface area contributed by atoms with Gasteiger partial charge in [0.15, 0.2) is 0 Å². The zero-order valence-corrected chi connectivity index (χ0v) is 20.1. The Hall–Kier alpha value is -3.74. The molecule has 0 unspecified atom stereocenters. The van der Waals surface area contributed by atoms with Gasteiger partial charge in [0.25, 0.3) is 5.91 Å². The average molecular weight is 491 g/mol. The van der Waals surface area contributed by atoms with Crippen molar-refractivity contribution in [2.45, 2.75) is 31.6 Å². The molecule has 1 saturated heterocycles. The summed E-state index contributed by atoms with van der Waals surface area (Å²) in [5.74, 6) is 0.0303. The molecule has 0 radical (unpaired) electrons. The van der Waals surface area contributed by atoms with Crippen molar-refractivity contribution in [2.24, 2.45) is 5.92 Å². The zero-order chi connectivity index (χ0) is 25.2. The summed E-state index contributed by atoms with van der Waals surface area (Å²) in [6.45, 7) is 1.13. The fourth-order valence-corrected chi connectivity index (χ4v) is 5.47. The highest BCUT2D eigenvalue weighted by molar-refractivity contribution is 6.00. The third-order valence-corrected chi connectivity index (χ3v) is 7.31. The fraction of sp³-hybridized carbons (Fsp3) is 0.310. The van der Waals surface area contributed by atoms with Gasteiger partial charge in [-0.1, -0.05) is 24.3 Å². The number of anilines is 1. The highest BCUT2D eigenvalue weighted by Crippen LogP contribution is 2.39. The molecule has 3 aromatic rings. The number of methoxy groups -OCH3 is 1. The molecular formula is C29H28F2N2O3. The van der Waals surface area contributed by atoms with Gasteiger partial charge in [-0.15, -0.1) is 0 Å². The molecule has 0 bridgehead atoms. The number of carbonyl (C=O) groups excluding carboxylic acids is 2. The normalized spacial score (nSPS) is 16.0. The van der Waals surface area contributed by atoms with E-state index in [4.69, 9.17) is 4.74 Å². The van der Waals surface area contributed by atoms with Crippen LogP contribution in [0.25, 0.3) is 0 Å². The SMILES string of the molecule is COc1cc(C(=O)N2CCC(C(c3ccc(F)cc3)c3ccc(F)cc3)CC2)cc2c1CCC(=O)N2. The van der Waals surface area contributed by atoms with Crippen molar-refractivity contribution < 1.29 is 23.1 Å². The summed E-state index contributed by atoms with van der Waals surface area (Å²) in [6, 6.07) is 16.4. The van der Waals surface area contributed by atoms with E-state index in [2.05, 4.69) is 5.32 Å². The molecule has 186 valence electrons. The molecule has 2 heterocycles. The van der Waals surface area contributed by atoms with E-state index in [1.165, 1.54) is 24.3 Å². The Morgan fingerprint density at radius 2 is 1.53 bits per heavy atom. The number of likely N-dealkylation sites (tertiary alicyclic amines) is 1. The second-order valence-corrected chi connectivity index (χ2v) is 9.46. The van der Waals surface area contributed by atoms with E-state index >= 15 is 0 Å². The Morgan fingerprint density at radius 3 is 2.08 bits per heavy atom. The molecule has 0 saturated carbocycles. The maximum atomic E-state index is 13.6. The number of halogens is 2. The first-order chi connectivity index (χ1) is 17.4. The lowest BCUT2D eigenvalue weighted by atomic mass is 9.76. The van der Waals surface area contributed by atoms with Crippen LogP contribution in [0.5, 0.6) is 5.75 Å². The van der Waals surface area contributed by atoms with Gasteiger partial charge >= 0.3 is 0 Å². The number of hydrogen-bond acceptors (Lipinski definition) is 3. The zero-order valence-electron chi connectivity index (χ0n) is 20.1. The van der Waals surface area contributed by atoms with Crippen molar-refractivity contribution in [2.75, 3.05) is 25.5 Å². The van der Waals surface area contributed by atoms with E-state index in [1.54, 1.807) is 43.5 Å². The number of carbonyl (C=O) groups is 2. The Bertz CT molecular complexity index is 1220. The molecule has 2 aliphatic rings. The number of nitrogens with one attached hydrogen (secondary N) is 1. The van der Waals surface area contributed by atoms with Gasteiger partial charge in [0.05, 0.1) is 7.11 Å². The molecule has 1 fully saturated rings. The van der Waals surface area contributed by atoms with Gasteiger partial charge < -0.3 is 15.0 Å². The van der Waals surface area contributed by atoms with Gasteiger partial charge in [0.1, 0.15) is 17.4 Å². The minimum Gasteiger partial charge on any atom is -0.496 e. The second kappa shape index (κ2) is 10.1. The molecule has 36 heavy (non-hydrogen) atoms. The molecule has 0 spiro atoms. The molecule has 7 heteroatoms. The van der Waals surface area contributed by atoms with Crippen LogP contribution < -0.4 is 10.1 Å². The van der Waals surface area contributed by atoms with Crippen molar-refractivity contribution in [1.29, 1.82) is 0 Å². The van der Waals surface area contributed by atoms with E-state index in [1.807, 2.05) is 4.90 Å². The highest BCUT2D eigenvalue weighted by atomic mass is 19.1. The van der Waals surface area contributed by atoms with Gasteiger partial charge in [-0.2, -0.15) is 0 Å². The summed E-state index contributed by atoms with van der Waals surface area (Å²) >= 11 is 0. The third-order valence-electron chi connectivity index (χ3n) is 7.31. The second-order valence-electron chi connectivity index (χ2n) is 9.46. The van der Waals surface area contributed by atoms with Crippen LogP contribution in [-0.4, -0.2) is 36.9 Å². The van der Waals surface area contributed by atoms with Crippen LogP contribution in [0.2, 0.25) is 0 Å². The van der Waals surface area contributed by atoms with Gasteiger partial charge in [0, 0.05) is 42.2 Å². The molecule has 1 N–H and O–H groups in total. The number of benzene rings is 3. The molecule has 0 aromatic heterocycles. The van der Waals surface area contributed by atoms with Crippen molar-refractivity contribution in [3.05, 3.63) is 94.6 Å². The third kappa shape index (κ3) is 4.83. The minimum absolute atomic E-state index is 0.0255. The van der Waals surface area contributed by atoms with Crippen LogP contribution in [0.4, 0.5) is 14.5 Å². The first-order valence-electron chi connectivity index (χ1n) is 12.2. The van der Waals surface area contributed by atoms with Crippen LogP contribution in [-0.2, 0) is 11.2 Å². The standard InChI is InChI=1S/C29H28F2N2O3/c1-36-26-17-21(16-25-24(26)10-11-27(34)32-25)29(35)33-14-12-20(13-15-33)28(18-2-6-22(30)7-3-18)19-4-8-23(31)9-5-19/h2-9,16-17,20,28H,10-15H2,1H3,(H,32,34). The average Bonchev–Trinajstić information content (AvgIpc) is 2.90. The van der Waals surface area contributed by atoms with E-state index in [-0.39, 0.29) is 35.3 Å². The lowest BCUT2D eigenvalue weighted by molar-refractivity contribution is -0.116. The Kier molecular flexibility index (Phi) is 6.72. The van der Waals surface area contributed by atoms with E-state index < -0.39 is 0 Å². The van der Waals surface area contributed by atoms with Crippen molar-refractivity contribution in [3.8, 4) is 5.75 Å². The summed E-state index contributed by atoms with van der Waals surface area (Å²) in [5.41, 5.74) is 3.98. The Morgan fingerprint density at radius 1 is 0.944 bits per heavy atom. The largest absolute Gasteiger partial charge is 0.496 e. The van der Waals surface area contributed by atoms with Crippen molar-refractivity contribution in [1.82, 2.24) is 4.90 Å². The highest BCUT2D eigenvalue weighted by Gasteiger charge is 2.32. The van der Waals surface area contributed by atoms with Crippen molar-refractivity contribution >= 4 is 17.5 Å². The quantitative estimate of drug-likeness (QED) is 0.511. The molecule has 5 nitrogen and oxygen atoms in total. The minimum atomic E-state index is -0.298. The number of fused-ring (bicyclic) bond motifs is 1. The van der Waals surface area contributed by atoms with E-state index in [9.17, 15) is 18.4 Å².